The first-order chi connectivity index (χ1) is 7.08. The molecule has 0 N–H and O–H groups in total. The summed E-state index contributed by atoms with van der Waals surface area (Å²) in [5, 5.41) is 0.524. The zero-order chi connectivity index (χ0) is 11.4. The molecule has 0 unspecified atom stereocenters. The molecular formula is C11H18ClN3. The lowest BCUT2D eigenvalue weighted by molar-refractivity contribution is 0.774. The maximum absolute atomic E-state index is 5.97. The van der Waals surface area contributed by atoms with Crippen LogP contribution in [0.3, 0.4) is 0 Å². The highest BCUT2D eigenvalue weighted by atomic mass is 35.5. The van der Waals surface area contributed by atoms with Crippen molar-refractivity contribution in [2.75, 3.05) is 18.0 Å². The highest BCUT2D eigenvalue weighted by molar-refractivity contribution is 6.29. The quantitative estimate of drug-likeness (QED) is 0.741. The van der Waals surface area contributed by atoms with E-state index in [2.05, 4.69) is 42.6 Å². The van der Waals surface area contributed by atoms with Gasteiger partial charge in [0.15, 0.2) is 0 Å². The normalized spacial score (nSPS) is 10.8. The number of anilines is 1. The van der Waals surface area contributed by atoms with Crippen molar-refractivity contribution in [3.8, 4) is 0 Å². The molecule has 0 aliphatic carbocycles. The molecule has 0 aromatic carbocycles. The van der Waals surface area contributed by atoms with Gasteiger partial charge >= 0.3 is 0 Å². The summed E-state index contributed by atoms with van der Waals surface area (Å²) in [4.78, 5) is 10.8. The van der Waals surface area contributed by atoms with E-state index >= 15 is 0 Å². The van der Waals surface area contributed by atoms with Crippen LogP contribution in [0.25, 0.3) is 0 Å². The van der Waals surface area contributed by atoms with Gasteiger partial charge < -0.3 is 4.90 Å². The van der Waals surface area contributed by atoms with E-state index in [-0.39, 0.29) is 0 Å². The third-order valence-electron chi connectivity index (χ3n) is 2.34. The van der Waals surface area contributed by atoms with E-state index in [1.54, 1.807) is 0 Å². The van der Waals surface area contributed by atoms with E-state index in [0.717, 1.165) is 24.7 Å². The van der Waals surface area contributed by atoms with Crippen molar-refractivity contribution >= 4 is 17.5 Å². The molecule has 84 valence electrons. The predicted octanol–water partition coefficient (Wildman–Crippen LogP) is 3.10. The summed E-state index contributed by atoms with van der Waals surface area (Å²) in [6.45, 7) is 10.2. The van der Waals surface area contributed by atoms with Crippen LogP contribution in [0.15, 0.2) is 6.07 Å². The molecule has 15 heavy (non-hydrogen) atoms. The largest absolute Gasteiger partial charge is 0.341 e. The Morgan fingerprint density at radius 2 is 1.87 bits per heavy atom. The number of hydrogen-bond donors (Lipinski definition) is 0. The molecule has 0 atom stereocenters. The molecule has 0 radical (unpaired) electrons. The Morgan fingerprint density at radius 3 is 2.33 bits per heavy atom. The van der Waals surface area contributed by atoms with Gasteiger partial charge in [0.2, 0.25) is 5.95 Å². The van der Waals surface area contributed by atoms with Gasteiger partial charge in [0, 0.05) is 13.1 Å². The smallest absolute Gasteiger partial charge is 0.226 e. The van der Waals surface area contributed by atoms with Crippen LogP contribution in [-0.4, -0.2) is 23.1 Å². The summed E-state index contributed by atoms with van der Waals surface area (Å²) in [5.74, 6) is 1.11. The maximum atomic E-state index is 5.97. The van der Waals surface area contributed by atoms with Crippen LogP contribution >= 0.6 is 11.6 Å². The van der Waals surface area contributed by atoms with Crippen molar-refractivity contribution < 1.29 is 0 Å². The molecule has 1 rings (SSSR count). The molecule has 1 aromatic rings. The Kier molecular flexibility index (Phi) is 4.33. The second kappa shape index (κ2) is 5.31. The fraction of sp³-hybridized carbons (Fsp3) is 0.636. The minimum Gasteiger partial charge on any atom is -0.341 e. The Balaban J connectivity index is 3.07. The molecule has 0 spiro atoms. The SMILES string of the molecule is CCN(CC)c1nc(Cl)cc(C(C)C)n1. The Morgan fingerprint density at radius 1 is 1.27 bits per heavy atom. The first-order valence-corrected chi connectivity index (χ1v) is 5.75. The van der Waals surface area contributed by atoms with Crippen LogP contribution in [-0.2, 0) is 0 Å². The molecule has 0 aliphatic rings. The van der Waals surface area contributed by atoms with Crippen molar-refractivity contribution in [2.45, 2.75) is 33.6 Å². The van der Waals surface area contributed by atoms with Crippen molar-refractivity contribution in [1.29, 1.82) is 0 Å². The van der Waals surface area contributed by atoms with E-state index < -0.39 is 0 Å². The average Bonchev–Trinajstić information content (AvgIpc) is 2.18. The third-order valence-corrected chi connectivity index (χ3v) is 2.53. The van der Waals surface area contributed by atoms with Crippen LogP contribution in [0.1, 0.15) is 39.3 Å². The summed E-state index contributed by atoms with van der Waals surface area (Å²) in [6.07, 6.45) is 0. The average molecular weight is 228 g/mol. The number of hydrogen-bond acceptors (Lipinski definition) is 3. The standard InChI is InChI=1S/C11H18ClN3/c1-5-15(6-2)11-13-9(8(3)4)7-10(12)14-11/h7-8H,5-6H2,1-4H3. The van der Waals surface area contributed by atoms with Crippen LogP contribution in [0, 0.1) is 0 Å². The molecule has 0 bridgehead atoms. The lowest BCUT2D eigenvalue weighted by Gasteiger charge is -2.19. The number of halogens is 1. The van der Waals surface area contributed by atoms with Gasteiger partial charge in [-0.1, -0.05) is 25.4 Å². The van der Waals surface area contributed by atoms with Gasteiger partial charge in [-0.05, 0) is 25.8 Å². The van der Waals surface area contributed by atoms with Gasteiger partial charge in [0.1, 0.15) is 5.15 Å². The minimum atomic E-state index is 0.375. The molecule has 3 nitrogen and oxygen atoms in total. The van der Waals surface area contributed by atoms with Crippen LogP contribution < -0.4 is 4.90 Å². The lowest BCUT2D eigenvalue weighted by Crippen LogP contribution is -2.24. The molecule has 1 heterocycles. The first-order valence-electron chi connectivity index (χ1n) is 5.37. The zero-order valence-electron chi connectivity index (χ0n) is 9.79. The van der Waals surface area contributed by atoms with Gasteiger partial charge in [-0.25, -0.2) is 9.97 Å². The topological polar surface area (TPSA) is 29.0 Å². The monoisotopic (exact) mass is 227 g/mol. The van der Waals surface area contributed by atoms with E-state index in [4.69, 9.17) is 11.6 Å². The third kappa shape index (κ3) is 3.06. The van der Waals surface area contributed by atoms with E-state index in [0.29, 0.717) is 11.1 Å². The van der Waals surface area contributed by atoms with E-state index in [1.165, 1.54) is 0 Å². The summed E-state index contributed by atoms with van der Waals surface area (Å²) in [6, 6.07) is 1.83. The highest BCUT2D eigenvalue weighted by Crippen LogP contribution is 2.19. The van der Waals surface area contributed by atoms with Crippen LogP contribution in [0.4, 0.5) is 5.95 Å². The lowest BCUT2D eigenvalue weighted by atomic mass is 10.1. The molecule has 0 fully saturated rings. The predicted molar refractivity (Wildman–Crippen MR) is 64.7 cm³/mol. The maximum Gasteiger partial charge on any atom is 0.226 e. The Labute approximate surface area is 96.5 Å². The van der Waals surface area contributed by atoms with Crippen molar-refractivity contribution in [1.82, 2.24) is 9.97 Å². The molecule has 0 saturated heterocycles. The summed E-state index contributed by atoms with van der Waals surface area (Å²) in [7, 11) is 0. The van der Waals surface area contributed by atoms with Gasteiger partial charge in [-0.3, -0.25) is 0 Å². The molecular weight excluding hydrogens is 210 g/mol. The highest BCUT2D eigenvalue weighted by Gasteiger charge is 2.10. The van der Waals surface area contributed by atoms with Crippen molar-refractivity contribution in [3.05, 3.63) is 16.9 Å². The summed E-state index contributed by atoms with van der Waals surface area (Å²) >= 11 is 5.97. The van der Waals surface area contributed by atoms with Gasteiger partial charge in [-0.15, -0.1) is 0 Å². The fourth-order valence-corrected chi connectivity index (χ4v) is 1.55. The Hall–Kier alpha value is -0.830. The fourth-order valence-electron chi connectivity index (χ4n) is 1.37. The van der Waals surface area contributed by atoms with Crippen LogP contribution in [0.5, 0.6) is 0 Å². The van der Waals surface area contributed by atoms with Crippen LogP contribution in [0.2, 0.25) is 5.15 Å². The zero-order valence-corrected chi connectivity index (χ0v) is 10.5. The number of rotatable bonds is 4. The Bertz CT molecular complexity index is 322. The van der Waals surface area contributed by atoms with Gasteiger partial charge in [-0.2, -0.15) is 0 Å². The molecule has 4 heteroatoms. The first kappa shape index (κ1) is 12.2. The van der Waals surface area contributed by atoms with E-state index in [9.17, 15) is 0 Å². The molecule has 0 saturated carbocycles. The number of aromatic nitrogens is 2. The van der Waals surface area contributed by atoms with Crippen molar-refractivity contribution in [3.63, 3.8) is 0 Å². The molecule has 1 aromatic heterocycles. The van der Waals surface area contributed by atoms with Gasteiger partial charge in [0.05, 0.1) is 5.69 Å². The molecule has 0 aliphatic heterocycles. The number of nitrogens with zero attached hydrogens (tertiary/aromatic N) is 3. The van der Waals surface area contributed by atoms with Crippen molar-refractivity contribution in [2.24, 2.45) is 0 Å². The second-order valence-corrected chi connectivity index (χ2v) is 4.13. The minimum absolute atomic E-state index is 0.375. The summed E-state index contributed by atoms with van der Waals surface area (Å²) in [5.41, 5.74) is 0.997. The second-order valence-electron chi connectivity index (χ2n) is 3.74. The molecule has 0 amide bonds. The van der Waals surface area contributed by atoms with Gasteiger partial charge in [0.25, 0.3) is 0 Å². The van der Waals surface area contributed by atoms with E-state index in [1.807, 2.05) is 6.07 Å². The summed E-state index contributed by atoms with van der Waals surface area (Å²) < 4.78 is 0.